The highest BCUT2D eigenvalue weighted by Crippen LogP contribution is 2.38. The van der Waals surface area contributed by atoms with E-state index in [0.717, 1.165) is 11.3 Å². The Morgan fingerprint density at radius 1 is 1.09 bits per heavy atom. The minimum atomic E-state index is -0.652. The van der Waals surface area contributed by atoms with Crippen molar-refractivity contribution in [3.05, 3.63) is 29.8 Å². The Balaban J connectivity index is 1.53. The van der Waals surface area contributed by atoms with Gasteiger partial charge in [-0.3, -0.25) is 0 Å². The van der Waals surface area contributed by atoms with Crippen LogP contribution in [0.5, 0.6) is 5.75 Å². The number of aliphatic hydroxyl groups excluding tert-OH is 1. The van der Waals surface area contributed by atoms with Gasteiger partial charge in [0.15, 0.2) is 5.79 Å². The van der Waals surface area contributed by atoms with E-state index in [9.17, 15) is 5.11 Å². The maximum Gasteiger partial charge on any atom is 0.164 e. The summed E-state index contributed by atoms with van der Waals surface area (Å²) in [6.07, 6.45) is -1.06. The van der Waals surface area contributed by atoms with Crippen molar-refractivity contribution in [2.45, 2.75) is 50.7 Å². The van der Waals surface area contributed by atoms with E-state index in [4.69, 9.17) is 23.7 Å². The lowest BCUT2D eigenvalue weighted by Crippen LogP contribution is -2.33. The number of fused-ring (bicyclic) bond motifs is 1. The van der Waals surface area contributed by atoms with Crippen LogP contribution in [0.25, 0.3) is 0 Å². The van der Waals surface area contributed by atoms with Crippen LogP contribution in [0.4, 0.5) is 0 Å². The average molecular weight is 324 g/mol. The first kappa shape index (κ1) is 16.7. The van der Waals surface area contributed by atoms with Crippen molar-refractivity contribution < 1.29 is 28.8 Å². The predicted molar refractivity (Wildman–Crippen MR) is 82.2 cm³/mol. The molecule has 0 radical (unpaired) electrons. The number of aliphatic hydroxyl groups is 1. The third-order valence-electron chi connectivity index (χ3n) is 4.14. The standard InChI is InChI=1S/C17H24O6/c1-17(2)22-15-13(8-18)21-14(16(15)23-17)10-20-9-11-4-6-12(19-3)7-5-11/h4-7,13-16,18H,8-10H2,1-3H3/t13?,14-,15-,16+/m1/s1. The first-order valence-corrected chi connectivity index (χ1v) is 7.85. The van der Waals surface area contributed by atoms with Crippen molar-refractivity contribution in [3.8, 4) is 5.75 Å². The Kier molecular flexibility index (Phi) is 4.89. The van der Waals surface area contributed by atoms with Gasteiger partial charge in [-0.1, -0.05) is 12.1 Å². The van der Waals surface area contributed by atoms with Crippen molar-refractivity contribution in [2.24, 2.45) is 0 Å². The van der Waals surface area contributed by atoms with Gasteiger partial charge >= 0.3 is 0 Å². The molecule has 23 heavy (non-hydrogen) atoms. The fourth-order valence-corrected chi connectivity index (χ4v) is 3.07. The molecular weight excluding hydrogens is 300 g/mol. The Morgan fingerprint density at radius 3 is 2.35 bits per heavy atom. The van der Waals surface area contributed by atoms with Gasteiger partial charge in [-0.05, 0) is 31.5 Å². The average Bonchev–Trinajstić information content (AvgIpc) is 3.01. The molecule has 1 unspecified atom stereocenters. The van der Waals surface area contributed by atoms with Crippen LogP contribution < -0.4 is 4.74 Å². The van der Waals surface area contributed by atoms with Crippen LogP contribution in [0.2, 0.25) is 0 Å². The topological polar surface area (TPSA) is 66.4 Å². The van der Waals surface area contributed by atoms with Crippen molar-refractivity contribution in [3.63, 3.8) is 0 Å². The smallest absolute Gasteiger partial charge is 0.164 e. The van der Waals surface area contributed by atoms with Gasteiger partial charge in [-0.25, -0.2) is 0 Å². The zero-order valence-electron chi connectivity index (χ0n) is 13.7. The lowest BCUT2D eigenvalue weighted by atomic mass is 10.1. The molecule has 6 nitrogen and oxygen atoms in total. The predicted octanol–water partition coefficient (Wildman–Crippen LogP) is 1.49. The first-order chi connectivity index (χ1) is 11.0. The van der Waals surface area contributed by atoms with Crippen LogP contribution in [0, 0.1) is 0 Å². The molecule has 0 bridgehead atoms. The number of ether oxygens (including phenoxy) is 5. The summed E-state index contributed by atoms with van der Waals surface area (Å²) in [4.78, 5) is 0. The van der Waals surface area contributed by atoms with Crippen LogP contribution in [0.3, 0.4) is 0 Å². The Morgan fingerprint density at radius 2 is 1.74 bits per heavy atom. The van der Waals surface area contributed by atoms with E-state index in [1.165, 1.54) is 0 Å². The molecular formula is C17H24O6. The second kappa shape index (κ2) is 6.75. The Bertz CT molecular complexity index is 514. The molecule has 1 N–H and O–H groups in total. The minimum Gasteiger partial charge on any atom is -0.497 e. The van der Waals surface area contributed by atoms with Crippen molar-refractivity contribution in [1.29, 1.82) is 0 Å². The molecule has 1 aromatic rings. The molecule has 128 valence electrons. The summed E-state index contributed by atoms with van der Waals surface area (Å²) in [6, 6.07) is 7.73. The normalized spacial score (nSPS) is 32.0. The van der Waals surface area contributed by atoms with E-state index >= 15 is 0 Å². The van der Waals surface area contributed by atoms with Crippen LogP contribution in [0.1, 0.15) is 19.4 Å². The summed E-state index contributed by atoms with van der Waals surface area (Å²) in [5, 5.41) is 9.44. The second-order valence-electron chi connectivity index (χ2n) is 6.32. The molecule has 2 aliphatic heterocycles. The molecule has 3 rings (SSSR count). The van der Waals surface area contributed by atoms with Crippen molar-refractivity contribution in [1.82, 2.24) is 0 Å². The molecule has 0 aliphatic carbocycles. The molecule has 2 fully saturated rings. The lowest BCUT2D eigenvalue weighted by molar-refractivity contribution is -0.195. The molecule has 0 saturated carbocycles. The highest BCUT2D eigenvalue weighted by molar-refractivity contribution is 5.26. The fourth-order valence-electron chi connectivity index (χ4n) is 3.07. The fraction of sp³-hybridized carbons (Fsp3) is 0.647. The summed E-state index contributed by atoms with van der Waals surface area (Å²) in [5.74, 6) is 0.168. The van der Waals surface area contributed by atoms with E-state index in [1.807, 2.05) is 38.1 Å². The third kappa shape index (κ3) is 3.67. The zero-order valence-corrected chi connectivity index (χ0v) is 13.7. The molecule has 2 aliphatic rings. The van der Waals surface area contributed by atoms with E-state index < -0.39 is 5.79 Å². The van der Waals surface area contributed by atoms with Crippen molar-refractivity contribution >= 4 is 0 Å². The third-order valence-corrected chi connectivity index (χ3v) is 4.14. The maximum atomic E-state index is 9.44. The Labute approximate surface area is 136 Å². The number of hydrogen-bond donors (Lipinski definition) is 1. The number of hydrogen-bond acceptors (Lipinski definition) is 6. The summed E-state index contributed by atoms with van der Waals surface area (Å²) in [5.41, 5.74) is 1.06. The van der Waals surface area contributed by atoms with Gasteiger partial charge in [-0.2, -0.15) is 0 Å². The molecule has 0 aromatic heterocycles. The van der Waals surface area contributed by atoms with Crippen LogP contribution in [-0.4, -0.2) is 55.6 Å². The highest BCUT2D eigenvalue weighted by atomic mass is 16.8. The van der Waals surface area contributed by atoms with Gasteiger partial charge in [0.05, 0.1) is 26.9 Å². The molecule has 6 heteroatoms. The van der Waals surface area contributed by atoms with E-state index in [-0.39, 0.29) is 31.0 Å². The highest BCUT2D eigenvalue weighted by Gasteiger charge is 2.54. The van der Waals surface area contributed by atoms with Gasteiger partial charge in [0.25, 0.3) is 0 Å². The maximum absolute atomic E-state index is 9.44. The second-order valence-corrected chi connectivity index (χ2v) is 6.32. The SMILES string of the molecule is COc1ccc(COC[C@H]2OC(CO)[C@H]3OC(C)(C)O[C@H]32)cc1. The molecule has 0 amide bonds. The summed E-state index contributed by atoms with van der Waals surface area (Å²) in [7, 11) is 1.64. The molecule has 4 atom stereocenters. The minimum absolute atomic E-state index is 0.0877. The molecule has 2 saturated heterocycles. The van der Waals surface area contributed by atoms with Crippen LogP contribution in [0.15, 0.2) is 24.3 Å². The van der Waals surface area contributed by atoms with Gasteiger partial charge < -0.3 is 28.8 Å². The first-order valence-electron chi connectivity index (χ1n) is 7.85. The lowest BCUT2D eigenvalue weighted by Gasteiger charge is -2.23. The monoisotopic (exact) mass is 324 g/mol. The van der Waals surface area contributed by atoms with Crippen molar-refractivity contribution in [2.75, 3.05) is 20.3 Å². The van der Waals surface area contributed by atoms with Gasteiger partial charge in [0.2, 0.25) is 0 Å². The summed E-state index contributed by atoms with van der Waals surface area (Å²) < 4.78 is 28.4. The zero-order chi connectivity index (χ0) is 16.4. The number of benzene rings is 1. The van der Waals surface area contributed by atoms with E-state index in [0.29, 0.717) is 13.2 Å². The molecule has 0 spiro atoms. The van der Waals surface area contributed by atoms with Crippen LogP contribution >= 0.6 is 0 Å². The number of rotatable bonds is 6. The number of methoxy groups -OCH3 is 1. The van der Waals surface area contributed by atoms with Crippen LogP contribution in [-0.2, 0) is 25.6 Å². The Hall–Kier alpha value is -1.18. The summed E-state index contributed by atoms with van der Waals surface area (Å²) >= 11 is 0. The van der Waals surface area contributed by atoms with Gasteiger partial charge in [-0.15, -0.1) is 0 Å². The molecule has 2 heterocycles. The van der Waals surface area contributed by atoms with E-state index in [2.05, 4.69) is 0 Å². The van der Waals surface area contributed by atoms with E-state index in [1.54, 1.807) is 7.11 Å². The largest absolute Gasteiger partial charge is 0.497 e. The van der Waals surface area contributed by atoms with Gasteiger partial charge in [0.1, 0.15) is 30.2 Å². The van der Waals surface area contributed by atoms with Gasteiger partial charge in [0, 0.05) is 0 Å². The summed E-state index contributed by atoms with van der Waals surface area (Å²) in [6.45, 7) is 4.53. The molecule has 1 aromatic carbocycles. The quantitative estimate of drug-likeness (QED) is 0.855.